The monoisotopic (exact) mass is 431 g/mol. The summed E-state index contributed by atoms with van der Waals surface area (Å²) in [5.41, 5.74) is 2.27. The maximum Gasteiger partial charge on any atom is 0.321 e. The molecular weight excluding hydrogens is 410 g/mol. The topological polar surface area (TPSA) is 94.7 Å². The van der Waals surface area contributed by atoms with Gasteiger partial charge in [0.1, 0.15) is 18.7 Å². The number of anilines is 1. The molecule has 1 aromatic carbocycles. The summed E-state index contributed by atoms with van der Waals surface area (Å²) in [5.74, 6) is 2.75. The summed E-state index contributed by atoms with van der Waals surface area (Å²) in [6.07, 6.45) is 4.19. The van der Waals surface area contributed by atoms with Crippen molar-refractivity contribution < 1.29 is 18.7 Å². The number of aromatic nitrogens is 3. The lowest BCUT2D eigenvalue weighted by Gasteiger charge is -2.21. The quantitative estimate of drug-likeness (QED) is 0.528. The van der Waals surface area contributed by atoms with Crippen molar-refractivity contribution in [2.75, 3.05) is 31.6 Å². The van der Waals surface area contributed by atoms with Gasteiger partial charge in [-0.1, -0.05) is 0 Å². The molecular formula is C23H21N5O4. The Morgan fingerprint density at radius 3 is 2.88 bits per heavy atom. The lowest BCUT2D eigenvalue weighted by atomic mass is 10.2. The lowest BCUT2D eigenvalue weighted by Crippen LogP contribution is -2.33. The van der Waals surface area contributed by atoms with Crippen molar-refractivity contribution in [3.63, 3.8) is 0 Å². The molecule has 0 aliphatic carbocycles. The number of carbonyl (C=O) groups is 1. The summed E-state index contributed by atoms with van der Waals surface area (Å²) in [7, 11) is 0. The van der Waals surface area contributed by atoms with Crippen LogP contribution < -0.4 is 14.8 Å². The van der Waals surface area contributed by atoms with Crippen LogP contribution in [0.25, 0.3) is 22.7 Å². The fourth-order valence-corrected chi connectivity index (χ4v) is 4.32. The number of nitrogens with zero attached hydrogens (tertiary/aromatic N) is 4. The van der Waals surface area contributed by atoms with Gasteiger partial charge in [0.2, 0.25) is 0 Å². The highest BCUT2D eigenvalue weighted by Gasteiger charge is 2.31. The van der Waals surface area contributed by atoms with Gasteiger partial charge in [-0.05, 0) is 42.8 Å². The number of furan rings is 1. The van der Waals surface area contributed by atoms with Gasteiger partial charge in [-0.15, -0.1) is 0 Å². The van der Waals surface area contributed by atoms with Gasteiger partial charge in [0.15, 0.2) is 28.7 Å². The molecule has 1 fully saturated rings. The highest BCUT2D eigenvalue weighted by Crippen LogP contribution is 2.34. The lowest BCUT2D eigenvalue weighted by molar-refractivity contribution is 0.171. The van der Waals surface area contributed by atoms with Crippen LogP contribution >= 0.6 is 0 Å². The number of pyridine rings is 1. The normalized spacial score (nSPS) is 17.6. The summed E-state index contributed by atoms with van der Waals surface area (Å²) in [4.78, 5) is 24.1. The van der Waals surface area contributed by atoms with Gasteiger partial charge >= 0.3 is 6.03 Å². The van der Waals surface area contributed by atoms with Crippen molar-refractivity contribution in [3.05, 3.63) is 54.9 Å². The second-order valence-electron chi connectivity index (χ2n) is 7.81. The van der Waals surface area contributed by atoms with Crippen LogP contribution in [0.2, 0.25) is 0 Å². The number of imidazole rings is 1. The highest BCUT2D eigenvalue weighted by molar-refractivity contribution is 5.90. The van der Waals surface area contributed by atoms with Gasteiger partial charge in [0, 0.05) is 31.0 Å². The number of likely N-dealkylation sites (tertiary alicyclic amines) is 1. The predicted octanol–water partition coefficient (Wildman–Crippen LogP) is 3.94. The molecule has 3 aromatic heterocycles. The van der Waals surface area contributed by atoms with Crippen LogP contribution in [0.1, 0.15) is 12.5 Å². The van der Waals surface area contributed by atoms with E-state index in [0.29, 0.717) is 49.2 Å². The van der Waals surface area contributed by atoms with Gasteiger partial charge in [-0.2, -0.15) is 0 Å². The van der Waals surface area contributed by atoms with Crippen LogP contribution in [0.4, 0.5) is 10.5 Å². The van der Waals surface area contributed by atoms with Crippen molar-refractivity contribution in [2.24, 2.45) is 0 Å². The molecule has 0 spiro atoms. The minimum Gasteiger partial charge on any atom is -0.486 e. The number of hydrogen-bond donors (Lipinski definition) is 1. The average Bonchev–Trinajstić information content (AvgIpc) is 3.58. The molecule has 1 N–H and O–H groups in total. The van der Waals surface area contributed by atoms with E-state index >= 15 is 0 Å². The Kier molecular flexibility index (Phi) is 4.45. The van der Waals surface area contributed by atoms with Crippen molar-refractivity contribution in [3.8, 4) is 23.1 Å². The standard InChI is InChI=1S/C23H21N5O4/c29-23(25-15-5-6-18-20(13-15)32-12-11-31-18)27-9-7-16(14-27)28-21-17(3-1-8-24-21)26-22(28)19-4-2-10-30-19/h1-6,8,10,13,16H,7,9,11-12,14H2,(H,25,29)/t16-/m1/s1. The molecule has 4 aromatic rings. The summed E-state index contributed by atoms with van der Waals surface area (Å²) >= 11 is 0. The van der Waals surface area contributed by atoms with Gasteiger partial charge in [0.25, 0.3) is 0 Å². The van der Waals surface area contributed by atoms with E-state index in [9.17, 15) is 4.79 Å². The van der Waals surface area contributed by atoms with E-state index in [2.05, 4.69) is 14.9 Å². The van der Waals surface area contributed by atoms with E-state index in [-0.39, 0.29) is 12.1 Å². The first-order valence-electron chi connectivity index (χ1n) is 10.6. The zero-order chi connectivity index (χ0) is 21.5. The maximum absolute atomic E-state index is 13.0. The van der Waals surface area contributed by atoms with Crippen LogP contribution in [-0.2, 0) is 0 Å². The molecule has 2 aliphatic heterocycles. The number of hydrogen-bond acceptors (Lipinski definition) is 6. The number of carbonyl (C=O) groups excluding carboxylic acids is 1. The molecule has 0 bridgehead atoms. The Labute approximate surface area is 183 Å². The van der Waals surface area contributed by atoms with Crippen molar-refractivity contribution in [2.45, 2.75) is 12.5 Å². The summed E-state index contributed by atoms with van der Waals surface area (Å²) in [6, 6.07) is 12.9. The Hall–Kier alpha value is -4.01. The Morgan fingerprint density at radius 2 is 2.00 bits per heavy atom. The molecule has 32 heavy (non-hydrogen) atoms. The van der Waals surface area contributed by atoms with Crippen LogP contribution in [0, 0.1) is 0 Å². The first-order valence-corrected chi connectivity index (χ1v) is 10.6. The average molecular weight is 431 g/mol. The van der Waals surface area contributed by atoms with Gasteiger partial charge < -0.3 is 28.7 Å². The van der Waals surface area contributed by atoms with E-state index in [1.807, 2.05) is 41.3 Å². The molecule has 1 saturated heterocycles. The molecule has 0 saturated carbocycles. The van der Waals surface area contributed by atoms with Crippen LogP contribution in [0.5, 0.6) is 11.5 Å². The first-order chi connectivity index (χ1) is 15.8. The van der Waals surface area contributed by atoms with E-state index in [4.69, 9.17) is 18.9 Å². The summed E-state index contributed by atoms with van der Waals surface area (Å²) < 4.78 is 18.9. The highest BCUT2D eigenvalue weighted by atomic mass is 16.6. The Morgan fingerprint density at radius 1 is 1.09 bits per heavy atom. The third-order valence-corrected chi connectivity index (χ3v) is 5.80. The zero-order valence-corrected chi connectivity index (χ0v) is 17.2. The van der Waals surface area contributed by atoms with E-state index < -0.39 is 0 Å². The van der Waals surface area contributed by atoms with Crippen molar-refractivity contribution in [1.29, 1.82) is 0 Å². The third-order valence-electron chi connectivity index (χ3n) is 5.80. The molecule has 2 amide bonds. The van der Waals surface area contributed by atoms with Crippen LogP contribution in [-0.4, -0.2) is 51.8 Å². The molecule has 9 heteroatoms. The van der Waals surface area contributed by atoms with E-state index in [0.717, 1.165) is 23.4 Å². The number of rotatable bonds is 3. The van der Waals surface area contributed by atoms with Gasteiger partial charge in [-0.3, -0.25) is 0 Å². The zero-order valence-electron chi connectivity index (χ0n) is 17.2. The number of urea groups is 1. The van der Waals surface area contributed by atoms with Crippen LogP contribution in [0.3, 0.4) is 0 Å². The minimum atomic E-state index is -0.152. The number of nitrogens with one attached hydrogen (secondary N) is 1. The SMILES string of the molecule is O=C(Nc1ccc2c(c1)OCCO2)N1CC[C@@H](n2c(-c3ccco3)nc3cccnc32)C1. The van der Waals surface area contributed by atoms with E-state index in [1.54, 1.807) is 18.5 Å². The predicted molar refractivity (Wildman–Crippen MR) is 117 cm³/mol. The minimum absolute atomic E-state index is 0.0426. The molecule has 2 aliphatic rings. The van der Waals surface area contributed by atoms with Crippen LogP contribution in [0.15, 0.2) is 59.3 Å². The largest absolute Gasteiger partial charge is 0.486 e. The smallest absolute Gasteiger partial charge is 0.321 e. The van der Waals surface area contributed by atoms with Crippen molar-refractivity contribution in [1.82, 2.24) is 19.4 Å². The Bertz CT molecular complexity index is 1280. The van der Waals surface area contributed by atoms with Crippen molar-refractivity contribution >= 4 is 22.9 Å². The second kappa shape index (κ2) is 7.60. The summed E-state index contributed by atoms with van der Waals surface area (Å²) in [5, 5.41) is 2.97. The molecule has 162 valence electrons. The van der Waals surface area contributed by atoms with E-state index in [1.165, 1.54) is 0 Å². The number of benzene rings is 1. The first kappa shape index (κ1) is 18.7. The van der Waals surface area contributed by atoms with Gasteiger partial charge in [0.05, 0.1) is 12.3 Å². The molecule has 5 heterocycles. The fourth-order valence-electron chi connectivity index (χ4n) is 4.32. The summed E-state index contributed by atoms with van der Waals surface area (Å²) in [6.45, 7) is 2.21. The number of amides is 2. The molecule has 1 atom stereocenters. The number of ether oxygens (including phenoxy) is 2. The third kappa shape index (κ3) is 3.22. The number of fused-ring (bicyclic) bond motifs is 2. The fraction of sp³-hybridized carbons (Fsp3) is 0.261. The molecule has 0 unspecified atom stereocenters. The maximum atomic E-state index is 13.0. The molecule has 0 radical (unpaired) electrons. The molecule has 9 nitrogen and oxygen atoms in total. The second-order valence-corrected chi connectivity index (χ2v) is 7.81. The van der Waals surface area contributed by atoms with Gasteiger partial charge in [-0.25, -0.2) is 14.8 Å². The molecule has 6 rings (SSSR count). The Balaban J connectivity index is 1.24.